The van der Waals surface area contributed by atoms with Gasteiger partial charge in [0.1, 0.15) is 0 Å². The third-order valence-corrected chi connectivity index (χ3v) is 5.52. The first-order valence-corrected chi connectivity index (χ1v) is 10.4. The van der Waals surface area contributed by atoms with E-state index in [1.807, 2.05) is 24.3 Å². The number of carbonyl (C=O) groups is 1. The van der Waals surface area contributed by atoms with Gasteiger partial charge in [-0.2, -0.15) is 0 Å². The molecule has 2 aliphatic heterocycles. The Labute approximate surface area is 172 Å². The van der Waals surface area contributed by atoms with Crippen molar-refractivity contribution in [2.45, 2.75) is 32.2 Å². The quantitative estimate of drug-likeness (QED) is 0.704. The summed E-state index contributed by atoms with van der Waals surface area (Å²) in [4.78, 5) is 16.6. The lowest BCUT2D eigenvalue weighted by molar-refractivity contribution is -0.125. The minimum Gasteiger partial charge on any atom is -0.454 e. The Hall–Kier alpha value is -2.95. The summed E-state index contributed by atoms with van der Waals surface area (Å²) in [6, 6.07) is 14.3. The molecule has 5 heteroatoms. The van der Waals surface area contributed by atoms with Crippen LogP contribution in [0.1, 0.15) is 36.8 Å². The molecule has 5 nitrogen and oxygen atoms in total. The van der Waals surface area contributed by atoms with E-state index in [2.05, 4.69) is 29.2 Å². The van der Waals surface area contributed by atoms with Gasteiger partial charge in [0.2, 0.25) is 12.7 Å². The van der Waals surface area contributed by atoms with E-state index < -0.39 is 0 Å². The van der Waals surface area contributed by atoms with E-state index in [1.165, 1.54) is 31.4 Å². The minimum absolute atomic E-state index is 0.0285. The van der Waals surface area contributed by atoms with E-state index in [0.717, 1.165) is 35.7 Å². The summed E-state index contributed by atoms with van der Waals surface area (Å²) in [5.41, 5.74) is 3.32. The summed E-state index contributed by atoms with van der Waals surface area (Å²) in [5, 5.41) is 0. The highest BCUT2D eigenvalue weighted by Gasteiger charge is 2.15. The Balaban J connectivity index is 1.33. The number of fused-ring (bicyclic) bond motifs is 1. The Morgan fingerprint density at radius 2 is 1.72 bits per heavy atom. The number of nitrogens with zero attached hydrogens (tertiary/aromatic N) is 2. The molecule has 1 amide bonds. The van der Waals surface area contributed by atoms with Gasteiger partial charge in [0.05, 0.1) is 0 Å². The molecule has 0 spiro atoms. The van der Waals surface area contributed by atoms with Gasteiger partial charge in [-0.05, 0) is 54.3 Å². The topological polar surface area (TPSA) is 42.0 Å². The summed E-state index contributed by atoms with van der Waals surface area (Å²) >= 11 is 0. The zero-order valence-corrected chi connectivity index (χ0v) is 17.0. The normalized spacial score (nSPS) is 16.1. The second-order valence-corrected chi connectivity index (χ2v) is 7.71. The van der Waals surface area contributed by atoms with E-state index in [4.69, 9.17) is 9.47 Å². The van der Waals surface area contributed by atoms with Crippen LogP contribution in [0.2, 0.25) is 0 Å². The van der Waals surface area contributed by atoms with Crippen molar-refractivity contribution in [1.29, 1.82) is 0 Å². The molecule has 0 radical (unpaired) electrons. The van der Waals surface area contributed by atoms with Gasteiger partial charge in [0, 0.05) is 38.4 Å². The number of anilines is 1. The molecule has 0 N–H and O–H groups in total. The first-order chi connectivity index (χ1) is 14.2. The summed E-state index contributed by atoms with van der Waals surface area (Å²) in [6.45, 7) is 3.05. The maximum Gasteiger partial charge on any atom is 0.246 e. The molecule has 29 heavy (non-hydrogen) atoms. The van der Waals surface area contributed by atoms with E-state index in [9.17, 15) is 4.79 Å². The summed E-state index contributed by atoms with van der Waals surface area (Å²) in [7, 11) is 1.81. The molecule has 0 aromatic heterocycles. The fraction of sp³-hybridized carbons (Fsp3) is 0.375. The molecule has 0 bridgehead atoms. The monoisotopic (exact) mass is 392 g/mol. The minimum atomic E-state index is -0.0285. The van der Waals surface area contributed by atoms with E-state index in [-0.39, 0.29) is 12.7 Å². The molecule has 2 aromatic carbocycles. The number of likely N-dealkylation sites (N-methyl/N-ethyl adjacent to an activating group) is 1. The molecule has 152 valence electrons. The molecule has 0 atom stereocenters. The number of hydrogen-bond acceptors (Lipinski definition) is 4. The standard InChI is InChI=1S/C24H28N2O3/c1-25(17-20-8-12-22-23(16-20)29-18-28-22)24(27)13-9-19-6-10-21(11-7-19)26-14-4-2-3-5-15-26/h6-13,16H,2-5,14-15,17-18H2,1H3/b13-9+. The smallest absolute Gasteiger partial charge is 0.246 e. The largest absolute Gasteiger partial charge is 0.454 e. The number of benzene rings is 2. The Morgan fingerprint density at radius 1 is 1.00 bits per heavy atom. The molecule has 2 heterocycles. The van der Waals surface area contributed by atoms with Crippen LogP contribution >= 0.6 is 0 Å². The average Bonchev–Trinajstić information content (AvgIpc) is 3.04. The lowest BCUT2D eigenvalue weighted by atomic mass is 10.1. The van der Waals surface area contributed by atoms with Crippen LogP contribution in [0.4, 0.5) is 5.69 Å². The van der Waals surface area contributed by atoms with Crippen molar-refractivity contribution in [3.8, 4) is 11.5 Å². The van der Waals surface area contributed by atoms with Crippen LogP contribution in [0.25, 0.3) is 6.08 Å². The van der Waals surface area contributed by atoms with Crippen molar-refractivity contribution in [2.75, 3.05) is 31.8 Å². The van der Waals surface area contributed by atoms with Crippen LogP contribution in [0, 0.1) is 0 Å². The molecule has 0 aliphatic carbocycles. The van der Waals surface area contributed by atoms with Gasteiger partial charge in [0.25, 0.3) is 0 Å². The van der Waals surface area contributed by atoms with Crippen LogP contribution < -0.4 is 14.4 Å². The maximum atomic E-state index is 12.5. The summed E-state index contributed by atoms with van der Waals surface area (Å²) in [5.74, 6) is 1.47. The molecule has 0 unspecified atom stereocenters. The van der Waals surface area contributed by atoms with Gasteiger partial charge < -0.3 is 19.3 Å². The lowest BCUT2D eigenvalue weighted by Crippen LogP contribution is -2.24. The van der Waals surface area contributed by atoms with E-state index >= 15 is 0 Å². The molecule has 1 saturated heterocycles. The molecule has 0 saturated carbocycles. The summed E-state index contributed by atoms with van der Waals surface area (Å²) in [6.07, 6.45) is 8.72. The Kier molecular flexibility index (Phi) is 6.03. The van der Waals surface area contributed by atoms with Gasteiger partial charge in [-0.15, -0.1) is 0 Å². The molecule has 2 aliphatic rings. The molecule has 2 aromatic rings. The predicted molar refractivity (Wildman–Crippen MR) is 115 cm³/mol. The zero-order chi connectivity index (χ0) is 20.1. The summed E-state index contributed by atoms with van der Waals surface area (Å²) < 4.78 is 10.7. The average molecular weight is 392 g/mol. The molecule has 4 rings (SSSR count). The van der Waals surface area contributed by atoms with Crippen LogP contribution in [0.3, 0.4) is 0 Å². The van der Waals surface area contributed by atoms with Gasteiger partial charge in [-0.1, -0.05) is 31.0 Å². The molecular formula is C24H28N2O3. The fourth-order valence-electron chi connectivity index (χ4n) is 3.81. The van der Waals surface area contributed by atoms with Crippen LogP contribution in [0.15, 0.2) is 48.5 Å². The van der Waals surface area contributed by atoms with Gasteiger partial charge in [-0.3, -0.25) is 4.79 Å². The van der Waals surface area contributed by atoms with Crippen molar-refractivity contribution >= 4 is 17.7 Å². The number of amides is 1. The van der Waals surface area contributed by atoms with Crippen molar-refractivity contribution < 1.29 is 14.3 Å². The third kappa shape index (κ3) is 4.91. The van der Waals surface area contributed by atoms with Gasteiger partial charge in [0.15, 0.2) is 11.5 Å². The number of hydrogen-bond donors (Lipinski definition) is 0. The van der Waals surface area contributed by atoms with Crippen LogP contribution in [0.5, 0.6) is 11.5 Å². The highest BCUT2D eigenvalue weighted by Crippen LogP contribution is 2.32. The third-order valence-electron chi connectivity index (χ3n) is 5.52. The molecule has 1 fully saturated rings. The van der Waals surface area contributed by atoms with Crippen molar-refractivity contribution in [1.82, 2.24) is 4.90 Å². The maximum absolute atomic E-state index is 12.5. The van der Waals surface area contributed by atoms with Crippen molar-refractivity contribution in [3.63, 3.8) is 0 Å². The van der Waals surface area contributed by atoms with Crippen LogP contribution in [-0.4, -0.2) is 37.7 Å². The van der Waals surface area contributed by atoms with Gasteiger partial charge >= 0.3 is 0 Å². The second-order valence-electron chi connectivity index (χ2n) is 7.71. The first-order valence-electron chi connectivity index (χ1n) is 10.4. The van der Waals surface area contributed by atoms with Crippen LogP contribution in [-0.2, 0) is 11.3 Å². The fourth-order valence-corrected chi connectivity index (χ4v) is 3.81. The van der Waals surface area contributed by atoms with E-state index in [0.29, 0.717) is 6.54 Å². The predicted octanol–water partition coefficient (Wildman–Crippen LogP) is 4.47. The van der Waals surface area contributed by atoms with Gasteiger partial charge in [-0.25, -0.2) is 0 Å². The number of ether oxygens (including phenoxy) is 2. The number of rotatable bonds is 5. The number of carbonyl (C=O) groups excluding carboxylic acids is 1. The highest BCUT2D eigenvalue weighted by molar-refractivity contribution is 5.91. The Morgan fingerprint density at radius 3 is 2.48 bits per heavy atom. The highest BCUT2D eigenvalue weighted by atomic mass is 16.7. The SMILES string of the molecule is CN(Cc1ccc2c(c1)OCO2)C(=O)/C=C/c1ccc(N2CCCCCC2)cc1. The lowest BCUT2D eigenvalue weighted by Gasteiger charge is -2.22. The van der Waals surface area contributed by atoms with Crippen molar-refractivity contribution in [2.24, 2.45) is 0 Å². The van der Waals surface area contributed by atoms with Crippen molar-refractivity contribution in [3.05, 3.63) is 59.7 Å². The first kappa shape index (κ1) is 19.4. The Bertz CT molecular complexity index is 868. The second kappa shape index (κ2) is 9.03. The molecular weight excluding hydrogens is 364 g/mol. The zero-order valence-electron chi connectivity index (χ0n) is 17.0. The van der Waals surface area contributed by atoms with E-state index in [1.54, 1.807) is 18.0 Å².